The second kappa shape index (κ2) is 9.11. The van der Waals surface area contributed by atoms with Crippen molar-refractivity contribution in [2.24, 2.45) is 23.7 Å². The molecule has 132 valence electrons. The summed E-state index contributed by atoms with van der Waals surface area (Å²) in [6.45, 7) is 20.2. The molecule has 0 saturated carbocycles. The summed E-state index contributed by atoms with van der Waals surface area (Å²) in [4.78, 5) is 0. The quantitative estimate of drug-likeness (QED) is 0.382. The van der Waals surface area contributed by atoms with Gasteiger partial charge in [-0.3, -0.25) is 0 Å². The Bertz CT molecular complexity index is 324. The third-order valence-corrected chi connectivity index (χ3v) is 10.5. The van der Waals surface area contributed by atoms with Gasteiger partial charge in [-0.1, -0.05) is 0 Å². The Morgan fingerprint density at radius 2 is 1.18 bits per heavy atom. The first-order valence-electron chi connectivity index (χ1n) is 7.92. The Labute approximate surface area is 174 Å². The zero-order valence-corrected chi connectivity index (χ0v) is 24.1. The summed E-state index contributed by atoms with van der Waals surface area (Å²) in [5.74, 6) is 1.58. The third kappa shape index (κ3) is 5.26. The first-order valence-corrected chi connectivity index (χ1v) is 11.3. The Morgan fingerprint density at radius 3 is 1.45 bits per heavy atom. The van der Waals surface area contributed by atoms with E-state index in [2.05, 4.69) is 62.3 Å². The fourth-order valence-corrected chi connectivity index (χ4v) is 5.03. The van der Waals surface area contributed by atoms with Crippen molar-refractivity contribution in [1.82, 2.24) is 0 Å². The van der Waals surface area contributed by atoms with Gasteiger partial charge in [-0.05, 0) is 0 Å². The second-order valence-corrected chi connectivity index (χ2v) is 9.59. The maximum absolute atomic E-state index is 6.14. The number of rotatable bonds is 9. The van der Waals surface area contributed by atoms with Crippen LogP contribution in [0.5, 0.6) is 0 Å². The van der Waals surface area contributed by atoms with Gasteiger partial charge in [-0.2, -0.15) is 0 Å². The van der Waals surface area contributed by atoms with Gasteiger partial charge in [-0.15, -0.1) is 0 Å². The average Bonchev–Trinajstić information content (AvgIpc) is 2.50. The second-order valence-electron chi connectivity index (χ2n) is 7.88. The summed E-state index contributed by atoms with van der Waals surface area (Å²) in [5.41, 5.74) is -0.445. The van der Waals surface area contributed by atoms with E-state index in [0.717, 1.165) is 40.3 Å². The van der Waals surface area contributed by atoms with E-state index in [4.69, 9.17) is 9.88 Å². The van der Waals surface area contributed by atoms with Gasteiger partial charge in [0.25, 0.3) is 0 Å². The van der Waals surface area contributed by atoms with Crippen molar-refractivity contribution in [3.63, 3.8) is 0 Å². The zero-order valence-electron chi connectivity index (χ0n) is 15.7. The van der Waals surface area contributed by atoms with Crippen molar-refractivity contribution in [2.75, 3.05) is 0 Å². The van der Waals surface area contributed by atoms with E-state index < -0.39 is 0 Å². The van der Waals surface area contributed by atoms with E-state index in [0.29, 0.717) is 23.7 Å². The van der Waals surface area contributed by atoms with Crippen molar-refractivity contribution in [2.45, 2.75) is 79.1 Å². The monoisotopic (exact) mass is 600 g/mol. The molecule has 0 aromatic rings. The Balaban J connectivity index is 5.50. The van der Waals surface area contributed by atoms with Gasteiger partial charge in [0.15, 0.2) is 0 Å². The molecule has 0 rings (SSSR count). The molecular weight excluding hydrogens is 562 g/mol. The number of hydrogen-bond donors (Lipinski definition) is 0. The Kier molecular flexibility index (Phi) is 9.95. The van der Waals surface area contributed by atoms with E-state index in [1.807, 2.05) is 0 Å². The molecular formula is C16H35GeO3SbTe. The molecule has 0 heterocycles. The van der Waals surface area contributed by atoms with Crippen LogP contribution in [0.15, 0.2) is 0 Å². The molecule has 0 aliphatic heterocycles. The molecule has 5 unspecified atom stereocenters. The predicted molar refractivity (Wildman–Crippen MR) is 99.3 cm³/mol. The molecule has 0 amide bonds. The van der Waals surface area contributed by atoms with Crippen LogP contribution in [0.3, 0.4) is 0 Å². The molecule has 0 aromatic heterocycles. The first kappa shape index (κ1) is 24.0. The van der Waals surface area contributed by atoms with Gasteiger partial charge < -0.3 is 0 Å². The summed E-state index contributed by atoms with van der Waals surface area (Å²) < 4.78 is 17.8. The first-order chi connectivity index (χ1) is 9.81. The molecule has 0 fully saturated rings. The Morgan fingerprint density at radius 1 is 0.818 bits per heavy atom. The molecule has 0 bridgehead atoms. The molecule has 0 spiro atoms. The maximum atomic E-state index is 6.14. The molecule has 0 aromatic carbocycles. The molecule has 0 saturated heterocycles. The van der Waals surface area contributed by atoms with Crippen molar-refractivity contribution < 1.29 is 9.88 Å². The van der Waals surface area contributed by atoms with E-state index in [9.17, 15) is 0 Å². The molecule has 6 heteroatoms. The average molecular weight is 597 g/mol. The van der Waals surface area contributed by atoms with Gasteiger partial charge in [0.05, 0.1) is 0 Å². The van der Waals surface area contributed by atoms with Crippen molar-refractivity contribution >= 4 is 63.0 Å². The van der Waals surface area contributed by atoms with E-state index >= 15 is 0 Å². The summed E-state index contributed by atoms with van der Waals surface area (Å²) in [6.07, 6.45) is 0. The number of hydrogen-bond acceptors (Lipinski definition) is 3. The van der Waals surface area contributed by atoms with Crippen LogP contribution in [-0.4, -0.2) is 79.8 Å². The normalized spacial score (nSPS) is 21.8. The predicted octanol–water partition coefficient (Wildman–Crippen LogP) is 2.08. The standard InChI is InChI=1S/C16H34GeO3Te.Sb.H/c1-10(14(5,6)18)12(3)16(9,20-21)13(4)11(2)15(7,8)19-17;;/h10-13,21H,17H2,1-9H3;;/q-1;+1;. The van der Waals surface area contributed by atoms with Crippen LogP contribution in [0.1, 0.15) is 62.3 Å². The molecule has 0 aliphatic carbocycles. The van der Waals surface area contributed by atoms with Gasteiger partial charge in [0.1, 0.15) is 0 Å². The van der Waals surface area contributed by atoms with Gasteiger partial charge >= 0.3 is 176 Å². The fraction of sp³-hybridized carbons (Fsp3) is 1.00. The Hall–Kier alpha value is 2.03. The topological polar surface area (TPSA) is 27.7 Å². The van der Waals surface area contributed by atoms with Gasteiger partial charge in [-0.25, -0.2) is 0 Å². The van der Waals surface area contributed by atoms with Crippen molar-refractivity contribution in [3.05, 3.63) is 0 Å². The van der Waals surface area contributed by atoms with Gasteiger partial charge in [0, 0.05) is 0 Å². The summed E-state index contributed by atoms with van der Waals surface area (Å²) in [7, 11) is 0. The van der Waals surface area contributed by atoms with Crippen LogP contribution in [0.4, 0.5) is 0 Å². The van der Waals surface area contributed by atoms with Crippen LogP contribution >= 0.6 is 0 Å². The van der Waals surface area contributed by atoms with E-state index in [1.165, 1.54) is 22.7 Å². The van der Waals surface area contributed by atoms with Crippen molar-refractivity contribution in [3.8, 4) is 0 Å². The van der Waals surface area contributed by atoms with E-state index in [1.54, 1.807) is 0 Å². The van der Waals surface area contributed by atoms with Crippen LogP contribution in [0.2, 0.25) is 0 Å². The third-order valence-electron chi connectivity index (χ3n) is 6.33. The molecule has 0 N–H and O–H groups in total. The minimum atomic E-state index is -0.199. The van der Waals surface area contributed by atoms with Crippen LogP contribution in [0, 0.1) is 23.7 Å². The minimum absolute atomic E-state index is 0.116. The van der Waals surface area contributed by atoms with Crippen molar-refractivity contribution in [1.29, 1.82) is 0 Å². The van der Waals surface area contributed by atoms with Crippen LogP contribution in [-0.2, 0) is 9.88 Å². The molecule has 5 atom stereocenters. The van der Waals surface area contributed by atoms with Gasteiger partial charge in [0.2, 0.25) is 0 Å². The van der Waals surface area contributed by atoms with E-state index in [-0.39, 0.29) is 16.8 Å². The molecule has 0 aliphatic rings. The molecule has 3 nitrogen and oxygen atoms in total. The fourth-order valence-electron chi connectivity index (χ4n) is 3.00. The SMILES string of the molecule is CC(C(C)C(C)(O[TeH])C(C)C(C)C(C)(C)[O][SbH])C(C)(C)[O][GeH2]. The summed E-state index contributed by atoms with van der Waals surface area (Å²) in [5, 5.41) is 0. The zero-order chi connectivity index (χ0) is 17.9. The summed E-state index contributed by atoms with van der Waals surface area (Å²) >= 11 is 3.43. The molecule has 22 heavy (non-hydrogen) atoms. The summed E-state index contributed by atoms with van der Waals surface area (Å²) in [6, 6.07) is 0. The van der Waals surface area contributed by atoms with Crippen LogP contribution < -0.4 is 0 Å². The van der Waals surface area contributed by atoms with Crippen LogP contribution in [0.25, 0.3) is 0 Å². The molecule has 2 radical (unpaired) electrons.